The number of benzene rings is 2. The minimum atomic E-state index is 0.0840. The maximum Gasteiger partial charge on any atom is 0.228 e. The van der Waals surface area contributed by atoms with Crippen LogP contribution < -0.4 is 11.1 Å². The number of nitrogen functional groups attached to an aromatic ring is 1. The number of carbonyl (C=O) groups excluding carboxylic acids is 1. The Labute approximate surface area is 124 Å². The van der Waals surface area contributed by atoms with Crippen LogP contribution in [0.5, 0.6) is 0 Å². The molecule has 0 radical (unpaired) electrons. The number of rotatable bonds is 2. The summed E-state index contributed by atoms with van der Waals surface area (Å²) >= 11 is 0. The van der Waals surface area contributed by atoms with Gasteiger partial charge in [-0.05, 0) is 42.5 Å². The molecule has 0 bridgehead atoms. The zero-order valence-corrected chi connectivity index (χ0v) is 11.8. The molecule has 2 aromatic carbocycles. The van der Waals surface area contributed by atoms with E-state index >= 15 is 0 Å². The molecule has 1 saturated carbocycles. The van der Waals surface area contributed by atoms with Crippen molar-refractivity contribution in [3.63, 3.8) is 0 Å². The Balaban J connectivity index is 1.56. The van der Waals surface area contributed by atoms with Gasteiger partial charge in [-0.3, -0.25) is 4.79 Å². The third-order valence-corrected chi connectivity index (χ3v) is 5.00. The van der Waals surface area contributed by atoms with E-state index in [0.717, 1.165) is 24.9 Å². The molecule has 4 rings (SSSR count). The second-order valence-corrected chi connectivity index (χ2v) is 6.15. The van der Waals surface area contributed by atoms with Gasteiger partial charge >= 0.3 is 0 Å². The predicted octanol–water partition coefficient (Wildman–Crippen LogP) is 3.11. The molecular weight excluding hydrogens is 260 g/mol. The fraction of sp³-hybridized carbons (Fsp3) is 0.278. The summed E-state index contributed by atoms with van der Waals surface area (Å²) < 4.78 is 0. The van der Waals surface area contributed by atoms with Gasteiger partial charge in [-0.25, -0.2) is 0 Å². The Morgan fingerprint density at radius 1 is 1.14 bits per heavy atom. The Bertz CT molecular complexity index is 725. The SMILES string of the molecule is Nc1ccccc1NC(=O)C1CC12CCc1ccccc12. The van der Waals surface area contributed by atoms with Gasteiger partial charge in [0.05, 0.1) is 11.4 Å². The second-order valence-electron chi connectivity index (χ2n) is 6.15. The van der Waals surface area contributed by atoms with Gasteiger partial charge in [-0.1, -0.05) is 36.4 Å². The van der Waals surface area contributed by atoms with E-state index in [9.17, 15) is 4.79 Å². The number of aryl methyl sites for hydroxylation is 1. The lowest BCUT2D eigenvalue weighted by atomic mass is 9.95. The maximum absolute atomic E-state index is 12.5. The van der Waals surface area contributed by atoms with Gasteiger partial charge in [-0.2, -0.15) is 0 Å². The molecule has 0 aromatic heterocycles. The van der Waals surface area contributed by atoms with E-state index in [2.05, 4.69) is 29.6 Å². The molecule has 1 amide bonds. The van der Waals surface area contributed by atoms with Crippen LogP contribution in [0.4, 0.5) is 11.4 Å². The smallest absolute Gasteiger partial charge is 0.228 e. The van der Waals surface area contributed by atoms with E-state index < -0.39 is 0 Å². The topological polar surface area (TPSA) is 55.1 Å². The number of nitrogens with two attached hydrogens (primary N) is 1. The van der Waals surface area contributed by atoms with Gasteiger partial charge in [-0.15, -0.1) is 0 Å². The number of anilines is 2. The van der Waals surface area contributed by atoms with Gasteiger partial charge in [0, 0.05) is 11.3 Å². The zero-order chi connectivity index (χ0) is 14.4. The van der Waals surface area contributed by atoms with Crippen LogP contribution in [0, 0.1) is 5.92 Å². The number of fused-ring (bicyclic) bond motifs is 2. The van der Waals surface area contributed by atoms with Crippen molar-refractivity contribution in [1.82, 2.24) is 0 Å². The van der Waals surface area contributed by atoms with Crippen molar-refractivity contribution in [2.45, 2.75) is 24.7 Å². The molecule has 1 spiro atoms. The van der Waals surface area contributed by atoms with Crippen molar-refractivity contribution in [2.75, 3.05) is 11.1 Å². The molecular formula is C18H18N2O. The first-order chi connectivity index (χ1) is 10.2. The summed E-state index contributed by atoms with van der Waals surface area (Å²) in [5, 5.41) is 2.99. The van der Waals surface area contributed by atoms with Gasteiger partial charge in [0.1, 0.15) is 0 Å². The first-order valence-electron chi connectivity index (χ1n) is 7.44. The van der Waals surface area contributed by atoms with Crippen molar-refractivity contribution >= 4 is 17.3 Å². The van der Waals surface area contributed by atoms with Crippen LogP contribution >= 0.6 is 0 Å². The van der Waals surface area contributed by atoms with Gasteiger partial charge in [0.15, 0.2) is 0 Å². The number of hydrogen-bond acceptors (Lipinski definition) is 2. The van der Waals surface area contributed by atoms with Crippen LogP contribution in [0.2, 0.25) is 0 Å². The normalized spacial score (nSPS) is 25.6. The molecule has 2 aliphatic rings. The van der Waals surface area contributed by atoms with Gasteiger partial charge < -0.3 is 11.1 Å². The monoisotopic (exact) mass is 278 g/mol. The number of nitrogens with one attached hydrogen (secondary N) is 1. The highest BCUT2D eigenvalue weighted by molar-refractivity contribution is 5.98. The summed E-state index contributed by atoms with van der Waals surface area (Å²) in [5.41, 5.74) is 10.1. The summed E-state index contributed by atoms with van der Waals surface area (Å²) in [6.07, 6.45) is 3.14. The summed E-state index contributed by atoms with van der Waals surface area (Å²) in [6.45, 7) is 0. The van der Waals surface area contributed by atoms with E-state index in [-0.39, 0.29) is 17.2 Å². The lowest BCUT2D eigenvalue weighted by Crippen LogP contribution is -2.20. The Kier molecular flexibility index (Phi) is 2.58. The van der Waals surface area contributed by atoms with Crippen molar-refractivity contribution in [3.05, 3.63) is 59.7 Å². The van der Waals surface area contributed by atoms with Crippen molar-refractivity contribution in [3.8, 4) is 0 Å². The molecule has 1 fully saturated rings. The van der Waals surface area contributed by atoms with Crippen LogP contribution in [-0.2, 0) is 16.6 Å². The van der Waals surface area contributed by atoms with E-state index in [4.69, 9.17) is 5.73 Å². The van der Waals surface area contributed by atoms with Crippen molar-refractivity contribution in [1.29, 1.82) is 0 Å². The fourth-order valence-corrected chi connectivity index (χ4v) is 3.77. The molecule has 3 heteroatoms. The van der Waals surface area contributed by atoms with Crippen molar-refractivity contribution < 1.29 is 4.79 Å². The molecule has 0 saturated heterocycles. The summed E-state index contributed by atoms with van der Waals surface area (Å²) in [7, 11) is 0. The third kappa shape index (κ3) is 1.84. The minimum absolute atomic E-state index is 0.0840. The Morgan fingerprint density at radius 3 is 2.76 bits per heavy atom. The number of carbonyl (C=O) groups is 1. The molecule has 3 nitrogen and oxygen atoms in total. The van der Waals surface area contributed by atoms with Crippen LogP contribution in [0.15, 0.2) is 48.5 Å². The molecule has 0 heterocycles. The maximum atomic E-state index is 12.5. The first kappa shape index (κ1) is 12.5. The van der Waals surface area contributed by atoms with Crippen LogP contribution in [0.1, 0.15) is 24.0 Å². The molecule has 2 unspecified atom stereocenters. The van der Waals surface area contributed by atoms with E-state index in [1.807, 2.05) is 24.3 Å². The Morgan fingerprint density at radius 2 is 1.90 bits per heavy atom. The third-order valence-electron chi connectivity index (χ3n) is 5.00. The molecule has 0 aliphatic heterocycles. The van der Waals surface area contributed by atoms with Crippen molar-refractivity contribution in [2.24, 2.45) is 5.92 Å². The zero-order valence-electron chi connectivity index (χ0n) is 11.8. The molecule has 2 aromatic rings. The minimum Gasteiger partial charge on any atom is -0.397 e. The van der Waals surface area contributed by atoms with Crippen LogP contribution in [0.25, 0.3) is 0 Å². The standard InChI is InChI=1S/C18H18N2O/c19-15-7-3-4-8-16(15)20-17(21)14-11-18(14)10-9-12-5-1-2-6-13(12)18/h1-8,14H,9-11,19H2,(H,20,21). The summed E-state index contributed by atoms with van der Waals surface area (Å²) in [4.78, 5) is 12.5. The van der Waals surface area contributed by atoms with Gasteiger partial charge in [0.25, 0.3) is 0 Å². The lowest BCUT2D eigenvalue weighted by molar-refractivity contribution is -0.117. The Hall–Kier alpha value is -2.29. The van der Waals surface area contributed by atoms with Crippen LogP contribution in [-0.4, -0.2) is 5.91 Å². The molecule has 21 heavy (non-hydrogen) atoms. The van der Waals surface area contributed by atoms with E-state index in [0.29, 0.717) is 5.69 Å². The highest BCUT2D eigenvalue weighted by Crippen LogP contribution is 2.61. The molecule has 2 atom stereocenters. The quantitative estimate of drug-likeness (QED) is 0.829. The van der Waals surface area contributed by atoms with Gasteiger partial charge in [0.2, 0.25) is 5.91 Å². The predicted molar refractivity (Wildman–Crippen MR) is 84.0 cm³/mol. The van der Waals surface area contributed by atoms with Crippen LogP contribution in [0.3, 0.4) is 0 Å². The number of hydrogen-bond donors (Lipinski definition) is 2. The average Bonchev–Trinajstić information content (AvgIpc) is 3.12. The molecule has 2 aliphatic carbocycles. The summed E-state index contributed by atoms with van der Waals surface area (Å²) in [6, 6.07) is 16.0. The lowest BCUT2D eigenvalue weighted by Gasteiger charge is -2.12. The van der Waals surface area contributed by atoms with E-state index in [1.54, 1.807) is 0 Å². The number of para-hydroxylation sites is 2. The number of amides is 1. The second kappa shape index (κ2) is 4.35. The summed E-state index contributed by atoms with van der Waals surface area (Å²) in [5.74, 6) is 0.186. The fourth-order valence-electron chi connectivity index (χ4n) is 3.77. The first-order valence-corrected chi connectivity index (χ1v) is 7.44. The largest absolute Gasteiger partial charge is 0.397 e. The van der Waals surface area contributed by atoms with E-state index in [1.165, 1.54) is 11.1 Å². The highest BCUT2D eigenvalue weighted by Gasteiger charge is 2.61. The molecule has 106 valence electrons. The molecule has 3 N–H and O–H groups in total. The average molecular weight is 278 g/mol. The highest BCUT2D eigenvalue weighted by atomic mass is 16.2.